The number of ether oxygens (including phenoxy) is 1. The third kappa shape index (κ3) is 3.39. The minimum Gasteiger partial charge on any atom is -0.394 e. The molecule has 0 radical (unpaired) electrons. The van der Waals surface area contributed by atoms with Gasteiger partial charge in [-0.1, -0.05) is 0 Å². The van der Waals surface area contributed by atoms with Crippen molar-refractivity contribution in [3.63, 3.8) is 0 Å². The number of carbonyl (C=O) groups is 2. The molecule has 1 rings (SSSR count). The summed E-state index contributed by atoms with van der Waals surface area (Å²) in [5.41, 5.74) is 0. The van der Waals surface area contributed by atoms with E-state index in [9.17, 15) is 19.8 Å². The summed E-state index contributed by atoms with van der Waals surface area (Å²) in [7, 11) is 0. The van der Waals surface area contributed by atoms with Crippen LogP contribution in [-0.4, -0.2) is 64.3 Å². The van der Waals surface area contributed by atoms with Gasteiger partial charge in [-0.2, -0.15) is 0 Å². The lowest BCUT2D eigenvalue weighted by Crippen LogP contribution is -2.68. The predicted molar refractivity (Wildman–Crippen MR) is 59.2 cm³/mol. The highest BCUT2D eigenvalue weighted by Gasteiger charge is 2.45. The Bertz CT molecular complexity index is 323. The fourth-order valence-corrected chi connectivity index (χ4v) is 1.92. The van der Waals surface area contributed by atoms with Crippen LogP contribution in [-0.2, 0) is 14.3 Å². The van der Waals surface area contributed by atoms with Gasteiger partial charge < -0.3 is 30.7 Å². The van der Waals surface area contributed by atoms with Crippen LogP contribution in [0.2, 0.25) is 0 Å². The van der Waals surface area contributed by atoms with Gasteiger partial charge in [0.05, 0.1) is 12.6 Å². The first-order valence-corrected chi connectivity index (χ1v) is 5.53. The Morgan fingerprint density at radius 1 is 1.11 bits per heavy atom. The minimum atomic E-state index is -1.45. The van der Waals surface area contributed by atoms with Crippen LogP contribution in [0.15, 0.2) is 0 Å². The Labute approximate surface area is 104 Å². The van der Waals surface area contributed by atoms with Gasteiger partial charge in [0.15, 0.2) is 6.29 Å². The van der Waals surface area contributed by atoms with Gasteiger partial charge in [0.1, 0.15) is 18.2 Å². The second kappa shape index (κ2) is 6.10. The van der Waals surface area contributed by atoms with Gasteiger partial charge >= 0.3 is 0 Å². The lowest BCUT2D eigenvalue weighted by atomic mass is 9.94. The van der Waals surface area contributed by atoms with Crippen molar-refractivity contribution in [3.8, 4) is 0 Å². The third-order valence-corrected chi connectivity index (χ3v) is 2.68. The van der Waals surface area contributed by atoms with E-state index in [1.165, 1.54) is 13.8 Å². The smallest absolute Gasteiger partial charge is 0.217 e. The highest BCUT2D eigenvalue weighted by molar-refractivity contribution is 5.74. The van der Waals surface area contributed by atoms with Crippen molar-refractivity contribution in [2.45, 2.75) is 44.4 Å². The van der Waals surface area contributed by atoms with Crippen LogP contribution in [0, 0.1) is 0 Å². The number of hydrogen-bond donors (Lipinski definition) is 5. The van der Waals surface area contributed by atoms with Crippen molar-refractivity contribution in [2.24, 2.45) is 0 Å². The Balaban J connectivity index is 2.84. The van der Waals surface area contributed by atoms with Gasteiger partial charge in [0, 0.05) is 13.8 Å². The van der Waals surface area contributed by atoms with Crippen LogP contribution in [0.5, 0.6) is 0 Å². The predicted octanol–water partition coefficient (Wildman–Crippen LogP) is -2.93. The van der Waals surface area contributed by atoms with Crippen LogP contribution in [0.3, 0.4) is 0 Å². The van der Waals surface area contributed by atoms with Crippen LogP contribution >= 0.6 is 0 Å². The summed E-state index contributed by atoms with van der Waals surface area (Å²) < 4.78 is 5.05. The first-order valence-electron chi connectivity index (χ1n) is 5.53. The highest BCUT2D eigenvalue weighted by Crippen LogP contribution is 2.19. The molecule has 1 heterocycles. The molecule has 2 amide bonds. The fraction of sp³-hybridized carbons (Fsp3) is 0.800. The highest BCUT2D eigenvalue weighted by atomic mass is 16.6. The molecule has 5 N–H and O–H groups in total. The maximum atomic E-state index is 11.0. The second-order valence-electron chi connectivity index (χ2n) is 4.19. The van der Waals surface area contributed by atoms with Crippen molar-refractivity contribution in [3.05, 3.63) is 0 Å². The zero-order valence-corrected chi connectivity index (χ0v) is 10.2. The Morgan fingerprint density at radius 2 is 1.61 bits per heavy atom. The van der Waals surface area contributed by atoms with E-state index in [-0.39, 0.29) is 0 Å². The average Bonchev–Trinajstić information content (AvgIpc) is 2.27. The summed E-state index contributed by atoms with van der Waals surface area (Å²) in [6.07, 6.45) is -3.66. The Hall–Kier alpha value is -1.22. The molecule has 1 aliphatic rings. The molecule has 0 unspecified atom stereocenters. The zero-order valence-electron chi connectivity index (χ0n) is 10.2. The molecule has 0 aromatic heterocycles. The lowest BCUT2D eigenvalue weighted by Gasteiger charge is -2.42. The standard InChI is InChI=1S/C10H18N2O6/c1-4(14)11-7-6(3-13)18-10(17)8(9(7)16)12-5(2)15/h6-10,13,16-17H,3H2,1-2H3,(H,11,14)(H,12,15)/t6-,7-,8-,9+,10+/m1/s1. The molecule has 8 heteroatoms. The van der Waals surface area contributed by atoms with E-state index in [2.05, 4.69) is 10.6 Å². The van der Waals surface area contributed by atoms with Crippen LogP contribution < -0.4 is 10.6 Å². The summed E-state index contributed by atoms with van der Waals surface area (Å²) in [5.74, 6) is -0.871. The van der Waals surface area contributed by atoms with Crippen molar-refractivity contribution in [2.75, 3.05) is 6.61 Å². The number of rotatable bonds is 3. The maximum Gasteiger partial charge on any atom is 0.217 e. The monoisotopic (exact) mass is 262 g/mol. The van der Waals surface area contributed by atoms with E-state index in [4.69, 9.17) is 9.84 Å². The molecular weight excluding hydrogens is 244 g/mol. The normalized spacial score (nSPS) is 35.9. The zero-order chi connectivity index (χ0) is 13.9. The molecule has 0 saturated carbocycles. The van der Waals surface area contributed by atoms with E-state index in [1.807, 2.05) is 0 Å². The van der Waals surface area contributed by atoms with Gasteiger partial charge in [-0.3, -0.25) is 9.59 Å². The molecule has 8 nitrogen and oxygen atoms in total. The van der Waals surface area contributed by atoms with Crippen LogP contribution in [0.1, 0.15) is 13.8 Å². The molecule has 104 valence electrons. The molecule has 0 spiro atoms. The van der Waals surface area contributed by atoms with E-state index in [0.29, 0.717) is 0 Å². The average molecular weight is 262 g/mol. The second-order valence-corrected chi connectivity index (χ2v) is 4.19. The van der Waals surface area contributed by atoms with Gasteiger partial charge in [-0.15, -0.1) is 0 Å². The van der Waals surface area contributed by atoms with Crippen LogP contribution in [0.25, 0.3) is 0 Å². The molecule has 1 saturated heterocycles. The van der Waals surface area contributed by atoms with Gasteiger partial charge in [0.25, 0.3) is 0 Å². The third-order valence-electron chi connectivity index (χ3n) is 2.68. The van der Waals surface area contributed by atoms with Crippen molar-refractivity contribution >= 4 is 11.8 Å². The summed E-state index contributed by atoms with van der Waals surface area (Å²) >= 11 is 0. The SMILES string of the molecule is CC(=O)N[C@@H]1[C@@H](O)[C@H](NC(C)=O)[C@@H](CO)O[C@@H]1O. The molecule has 0 aromatic rings. The molecule has 0 aliphatic carbocycles. The lowest BCUT2D eigenvalue weighted by molar-refractivity contribution is -0.226. The summed E-state index contributed by atoms with van der Waals surface area (Å²) in [5, 5.41) is 33.5. The number of aliphatic hydroxyl groups excluding tert-OH is 3. The molecule has 1 aliphatic heterocycles. The van der Waals surface area contributed by atoms with E-state index in [0.717, 1.165) is 0 Å². The topological polar surface area (TPSA) is 128 Å². The molecule has 18 heavy (non-hydrogen) atoms. The number of hydrogen-bond acceptors (Lipinski definition) is 6. The fourth-order valence-electron chi connectivity index (χ4n) is 1.92. The minimum absolute atomic E-state index is 0.418. The maximum absolute atomic E-state index is 11.0. The Morgan fingerprint density at radius 3 is 2.06 bits per heavy atom. The summed E-state index contributed by atoms with van der Waals surface area (Å²) in [6, 6.07) is -1.98. The van der Waals surface area contributed by atoms with Crippen molar-refractivity contribution < 1.29 is 29.6 Å². The summed E-state index contributed by atoms with van der Waals surface area (Å²) in [6.45, 7) is 2.00. The first-order chi connectivity index (χ1) is 8.36. The van der Waals surface area contributed by atoms with Gasteiger partial charge in [-0.05, 0) is 0 Å². The Kier molecular flexibility index (Phi) is 5.03. The largest absolute Gasteiger partial charge is 0.394 e. The molecule has 0 aromatic carbocycles. The molecule has 5 atom stereocenters. The van der Waals surface area contributed by atoms with Gasteiger partial charge in [-0.25, -0.2) is 0 Å². The number of nitrogens with one attached hydrogen (secondary N) is 2. The van der Waals surface area contributed by atoms with Crippen molar-refractivity contribution in [1.82, 2.24) is 10.6 Å². The number of carbonyl (C=O) groups excluding carboxylic acids is 2. The molecule has 1 fully saturated rings. The van der Waals surface area contributed by atoms with Crippen LogP contribution in [0.4, 0.5) is 0 Å². The quantitative estimate of drug-likeness (QED) is 0.370. The van der Waals surface area contributed by atoms with Crippen molar-refractivity contribution in [1.29, 1.82) is 0 Å². The summed E-state index contributed by atoms with van der Waals surface area (Å²) in [4.78, 5) is 22.0. The van der Waals surface area contributed by atoms with E-state index >= 15 is 0 Å². The first kappa shape index (κ1) is 14.8. The molecular formula is C10H18N2O6. The van der Waals surface area contributed by atoms with E-state index < -0.39 is 49.0 Å². The van der Waals surface area contributed by atoms with E-state index in [1.54, 1.807) is 0 Å². The number of aliphatic hydroxyl groups is 3. The number of amides is 2. The molecule has 0 bridgehead atoms. The van der Waals surface area contributed by atoms with Gasteiger partial charge in [0.2, 0.25) is 11.8 Å².